The number of rotatable bonds is 6. The number of benzene rings is 2. The van der Waals surface area contributed by atoms with Crippen molar-refractivity contribution < 1.29 is 22.7 Å². The average molecular weight is 401 g/mol. The summed E-state index contributed by atoms with van der Waals surface area (Å²) in [6.07, 6.45) is 0.557. The smallest absolute Gasteiger partial charge is 0.256 e. The normalized spacial score (nSPS) is 17.5. The van der Waals surface area contributed by atoms with E-state index in [1.165, 1.54) is 18.2 Å². The van der Waals surface area contributed by atoms with Gasteiger partial charge in [-0.25, -0.2) is 18.2 Å². The molecule has 1 saturated heterocycles. The number of aromatic nitrogens is 2. The Labute approximate surface area is 164 Å². The number of alkyl halides is 1. The van der Waals surface area contributed by atoms with E-state index in [1.54, 1.807) is 18.2 Å². The van der Waals surface area contributed by atoms with Gasteiger partial charge in [-0.2, -0.15) is 0 Å². The van der Waals surface area contributed by atoms with Gasteiger partial charge in [0.2, 0.25) is 0 Å². The van der Waals surface area contributed by atoms with Crippen LogP contribution in [-0.2, 0) is 4.79 Å². The van der Waals surface area contributed by atoms with Crippen LogP contribution < -0.4 is 9.64 Å². The minimum atomic E-state index is -1.08. The summed E-state index contributed by atoms with van der Waals surface area (Å²) >= 11 is 0. The van der Waals surface area contributed by atoms with E-state index in [2.05, 4.69) is 16.5 Å². The van der Waals surface area contributed by atoms with Crippen LogP contribution >= 0.6 is 0 Å². The third-order valence-electron chi connectivity index (χ3n) is 4.88. The number of H-pyrrole nitrogens is 1. The van der Waals surface area contributed by atoms with Crippen molar-refractivity contribution in [2.24, 2.45) is 0 Å². The number of carbonyl (C=O) groups is 1. The van der Waals surface area contributed by atoms with Crippen molar-refractivity contribution in [2.75, 3.05) is 11.5 Å². The van der Waals surface area contributed by atoms with E-state index in [0.717, 1.165) is 17.6 Å². The number of nitrogens with one attached hydrogen (secondary N) is 1. The summed E-state index contributed by atoms with van der Waals surface area (Å²) in [5, 5.41) is 0. The van der Waals surface area contributed by atoms with E-state index < -0.39 is 29.8 Å². The molecule has 1 aliphatic heterocycles. The molecule has 1 unspecified atom stereocenters. The summed E-state index contributed by atoms with van der Waals surface area (Å²) in [6.45, 7) is 5.06. The quantitative estimate of drug-likeness (QED) is 0.485. The number of amides is 1. The second kappa shape index (κ2) is 7.27. The Hall–Kier alpha value is -3.29. The molecule has 1 aliphatic rings. The molecule has 0 radical (unpaired) electrons. The highest BCUT2D eigenvalue weighted by Crippen LogP contribution is 2.45. The summed E-state index contributed by atoms with van der Waals surface area (Å²) in [4.78, 5) is 20.8. The van der Waals surface area contributed by atoms with Crippen LogP contribution in [0.25, 0.3) is 11.0 Å². The first-order chi connectivity index (χ1) is 13.9. The summed E-state index contributed by atoms with van der Waals surface area (Å²) in [6, 6.07) is 6.16. The van der Waals surface area contributed by atoms with Crippen molar-refractivity contribution in [3.05, 3.63) is 66.0 Å². The number of halogens is 3. The molecule has 2 heterocycles. The minimum Gasteiger partial charge on any atom is -0.493 e. The van der Waals surface area contributed by atoms with Gasteiger partial charge in [-0.3, -0.25) is 9.69 Å². The third kappa shape index (κ3) is 3.35. The number of hydrogen-bond acceptors (Lipinski definition) is 3. The van der Waals surface area contributed by atoms with Gasteiger partial charge in [-0.15, -0.1) is 0 Å². The second-order valence-corrected chi connectivity index (χ2v) is 6.93. The van der Waals surface area contributed by atoms with Gasteiger partial charge < -0.3 is 9.72 Å². The molecular weight excluding hydrogens is 383 g/mol. The zero-order valence-electron chi connectivity index (χ0n) is 15.6. The monoisotopic (exact) mass is 401 g/mol. The molecule has 1 N–H and O–H groups in total. The molecule has 29 heavy (non-hydrogen) atoms. The second-order valence-electron chi connectivity index (χ2n) is 6.93. The van der Waals surface area contributed by atoms with Crippen molar-refractivity contribution in [1.29, 1.82) is 0 Å². The number of nitrogens with zero attached hydrogens (tertiary/aromatic N) is 2. The lowest BCUT2D eigenvalue weighted by Gasteiger charge is -2.42. The van der Waals surface area contributed by atoms with Gasteiger partial charge in [0.15, 0.2) is 0 Å². The first kappa shape index (κ1) is 19.0. The fourth-order valence-corrected chi connectivity index (χ4v) is 3.36. The Morgan fingerprint density at radius 2 is 2.00 bits per heavy atom. The highest BCUT2D eigenvalue weighted by molar-refractivity contribution is 6.15. The largest absolute Gasteiger partial charge is 0.493 e. The molecule has 0 spiro atoms. The first-order valence-corrected chi connectivity index (χ1v) is 9.08. The number of β-lactam (4-membered cyclic amide) rings is 1. The maximum Gasteiger partial charge on any atom is 0.256 e. The van der Waals surface area contributed by atoms with Crippen molar-refractivity contribution in [1.82, 2.24) is 9.97 Å². The average Bonchev–Trinajstić information content (AvgIpc) is 3.14. The van der Waals surface area contributed by atoms with E-state index in [9.17, 15) is 18.0 Å². The summed E-state index contributed by atoms with van der Waals surface area (Å²) < 4.78 is 47.6. The van der Waals surface area contributed by atoms with E-state index in [-0.39, 0.29) is 29.9 Å². The number of imidazole rings is 1. The maximum atomic E-state index is 14.8. The van der Waals surface area contributed by atoms with E-state index >= 15 is 0 Å². The Balaban J connectivity index is 1.65. The highest BCUT2D eigenvalue weighted by Gasteiger charge is 2.45. The third-order valence-corrected chi connectivity index (χ3v) is 4.88. The zero-order valence-corrected chi connectivity index (χ0v) is 15.6. The van der Waals surface area contributed by atoms with Crippen molar-refractivity contribution in [3.63, 3.8) is 0 Å². The summed E-state index contributed by atoms with van der Waals surface area (Å²) in [5.74, 6) is -2.18. The molecule has 0 aliphatic carbocycles. The van der Waals surface area contributed by atoms with Crippen LogP contribution in [-0.4, -0.2) is 28.7 Å². The molecule has 3 aromatic rings. The molecule has 5 nitrogen and oxygen atoms in total. The van der Waals surface area contributed by atoms with Gasteiger partial charge in [0, 0.05) is 29.8 Å². The van der Waals surface area contributed by atoms with Crippen LogP contribution in [0.1, 0.15) is 24.9 Å². The molecule has 2 atom stereocenters. The molecule has 1 aromatic heterocycles. The van der Waals surface area contributed by atoms with Crippen molar-refractivity contribution in [3.8, 4) is 5.75 Å². The van der Waals surface area contributed by atoms with E-state index in [4.69, 9.17) is 4.74 Å². The van der Waals surface area contributed by atoms with Crippen LogP contribution in [0.5, 0.6) is 5.75 Å². The van der Waals surface area contributed by atoms with Gasteiger partial charge >= 0.3 is 0 Å². The van der Waals surface area contributed by atoms with Crippen molar-refractivity contribution in [2.45, 2.75) is 25.6 Å². The van der Waals surface area contributed by atoms with Gasteiger partial charge in [0.1, 0.15) is 23.6 Å². The van der Waals surface area contributed by atoms with Gasteiger partial charge in [-0.05, 0) is 25.1 Å². The van der Waals surface area contributed by atoms with Gasteiger partial charge in [0.25, 0.3) is 5.91 Å². The lowest BCUT2D eigenvalue weighted by Crippen LogP contribution is -2.49. The minimum absolute atomic E-state index is 0.000317. The number of aromatic amines is 1. The molecule has 1 fully saturated rings. The number of fused-ring (bicyclic) bond motifs is 1. The molecule has 2 aromatic carbocycles. The lowest BCUT2D eigenvalue weighted by atomic mass is 9.87. The van der Waals surface area contributed by atoms with E-state index in [0.29, 0.717) is 11.2 Å². The maximum absolute atomic E-state index is 14.8. The topological polar surface area (TPSA) is 58.2 Å². The predicted molar refractivity (Wildman–Crippen MR) is 103 cm³/mol. The van der Waals surface area contributed by atoms with Crippen LogP contribution in [0, 0.1) is 11.6 Å². The number of anilines is 1. The molecule has 1 amide bonds. The molecule has 0 bridgehead atoms. The molecule has 0 saturated carbocycles. The predicted octanol–water partition coefficient (Wildman–Crippen LogP) is 4.61. The SMILES string of the molecule is C=C1C(=O)N(c2ccc3[nH]cnc3c2)[C@H]1c1c(F)cc(OCCC(C)F)cc1F. The fourth-order valence-electron chi connectivity index (χ4n) is 3.36. The van der Waals surface area contributed by atoms with Crippen LogP contribution in [0.3, 0.4) is 0 Å². The van der Waals surface area contributed by atoms with Crippen LogP contribution in [0.15, 0.2) is 48.8 Å². The fraction of sp³-hybridized carbons (Fsp3) is 0.238. The standard InChI is InChI=1S/C21H18F3N3O2/c1-11(22)5-6-29-14-8-15(23)19(16(24)9-14)20-12(2)21(28)27(20)13-3-4-17-18(7-13)26-10-25-17/h3-4,7-11,20H,2,5-6H2,1H3,(H,25,26)/t11?,20-/m1/s1. The first-order valence-electron chi connectivity index (χ1n) is 9.08. The number of carbonyl (C=O) groups excluding carboxylic acids is 1. The van der Waals surface area contributed by atoms with Crippen molar-refractivity contribution >= 4 is 22.6 Å². The van der Waals surface area contributed by atoms with Gasteiger partial charge in [0.05, 0.1) is 35.6 Å². The molecular formula is C21H18F3N3O2. The Morgan fingerprint density at radius 3 is 2.69 bits per heavy atom. The number of ether oxygens (including phenoxy) is 1. The summed E-state index contributed by atoms with van der Waals surface area (Å²) in [7, 11) is 0. The lowest BCUT2D eigenvalue weighted by molar-refractivity contribution is -0.119. The molecule has 150 valence electrons. The van der Waals surface area contributed by atoms with Crippen LogP contribution in [0.4, 0.5) is 18.9 Å². The molecule has 4 rings (SSSR count). The number of hydrogen-bond donors (Lipinski definition) is 1. The summed E-state index contributed by atoms with van der Waals surface area (Å²) in [5.41, 5.74) is 1.66. The molecule has 8 heteroatoms. The zero-order chi connectivity index (χ0) is 20.7. The Kier molecular flexibility index (Phi) is 4.77. The Bertz CT molecular complexity index is 1090. The van der Waals surface area contributed by atoms with Gasteiger partial charge in [-0.1, -0.05) is 6.58 Å². The van der Waals surface area contributed by atoms with Crippen LogP contribution in [0.2, 0.25) is 0 Å². The highest BCUT2D eigenvalue weighted by atomic mass is 19.1. The van der Waals surface area contributed by atoms with E-state index in [1.807, 2.05) is 0 Å². The Morgan fingerprint density at radius 1 is 1.28 bits per heavy atom.